The van der Waals surface area contributed by atoms with Gasteiger partial charge in [-0.1, -0.05) is 26.2 Å². The lowest BCUT2D eigenvalue weighted by Crippen LogP contribution is -2.46. The van der Waals surface area contributed by atoms with Gasteiger partial charge < -0.3 is 15.8 Å². The van der Waals surface area contributed by atoms with Crippen LogP contribution in [0.5, 0.6) is 0 Å². The number of rotatable bonds is 5. The van der Waals surface area contributed by atoms with Crippen molar-refractivity contribution < 1.29 is 9.53 Å². The second-order valence-electron chi connectivity index (χ2n) is 6.41. The lowest BCUT2D eigenvalue weighted by molar-refractivity contribution is -0.139. The fourth-order valence-electron chi connectivity index (χ4n) is 3.33. The molecule has 2 aliphatic carbocycles. The van der Waals surface area contributed by atoms with E-state index in [-0.39, 0.29) is 24.4 Å². The van der Waals surface area contributed by atoms with Gasteiger partial charge in [0.1, 0.15) is 6.10 Å². The van der Waals surface area contributed by atoms with Crippen LogP contribution in [0.2, 0.25) is 0 Å². The Morgan fingerprint density at radius 3 is 2.33 bits per heavy atom. The Balaban J connectivity index is 0.00000220. The van der Waals surface area contributed by atoms with E-state index in [0.717, 1.165) is 44.9 Å². The van der Waals surface area contributed by atoms with Crippen LogP contribution in [0, 0.1) is 0 Å². The predicted molar refractivity (Wildman–Crippen MR) is 87.7 cm³/mol. The fourth-order valence-corrected chi connectivity index (χ4v) is 3.33. The zero-order chi connectivity index (χ0) is 14.4. The summed E-state index contributed by atoms with van der Waals surface area (Å²) in [5.74, 6) is 0.0820. The fraction of sp³-hybridized carbons (Fsp3) is 0.938. The maximum Gasteiger partial charge on any atom is 0.249 e. The zero-order valence-electron chi connectivity index (χ0n) is 13.2. The van der Waals surface area contributed by atoms with Crippen LogP contribution in [0.4, 0.5) is 0 Å². The molecule has 1 amide bonds. The van der Waals surface area contributed by atoms with Crippen LogP contribution in [0.3, 0.4) is 0 Å². The van der Waals surface area contributed by atoms with Gasteiger partial charge in [0.15, 0.2) is 0 Å². The molecular weight excluding hydrogens is 288 g/mol. The average Bonchev–Trinajstić information content (AvgIpc) is 2.48. The molecule has 1 atom stereocenters. The molecule has 2 fully saturated rings. The van der Waals surface area contributed by atoms with Gasteiger partial charge in [-0.05, 0) is 44.9 Å². The SMILES string of the molecule is CCC(OC1CCCCC1)C(=O)NC1CCC(N)CC1.Cl. The Morgan fingerprint density at radius 2 is 1.76 bits per heavy atom. The quantitative estimate of drug-likeness (QED) is 0.819. The molecule has 0 heterocycles. The zero-order valence-corrected chi connectivity index (χ0v) is 14.0. The molecule has 0 radical (unpaired) electrons. The van der Waals surface area contributed by atoms with E-state index < -0.39 is 0 Å². The lowest BCUT2D eigenvalue weighted by Gasteiger charge is -2.30. The summed E-state index contributed by atoms with van der Waals surface area (Å²) in [5, 5.41) is 3.16. The molecule has 0 aliphatic heterocycles. The molecule has 21 heavy (non-hydrogen) atoms. The van der Waals surface area contributed by atoms with Crippen LogP contribution in [-0.2, 0) is 9.53 Å². The molecule has 0 saturated heterocycles. The van der Waals surface area contributed by atoms with Gasteiger partial charge >= 0.3 is 0 Å². The number of hydrogen-bond acceptors (Lipinski definition) is 3. The third-order valence-corrected chi connectivity index (χ3v) is 4.69. The predicted octanol–water partition coefficient (Wildman–Crippen LogP) is 2.92. The third-order valence-electron chi connectivity index (χ3n) is 4.69. The minimum absolute atomic E-state index is 0. The van der Waals surface area contributed by atoms with Gasteiger partial charge in [0.25, 0.3) is 0 Å². The first-order chi connectivity index (χ1) is 9.69. The van der Waals surface area contributed by atoms with E-state index in [1.165, 1.54) is 19.3 Å². The van der Waals surface area contributed by atoms with Crippen LogP contribution in [0.25, 0.3) is 0 Å². The number of carbonyl (C=O) groups is 1. The van der Waals surface area contributed by atoms with Crippen molar-refractivity contribution in [3.05, 3.63) is 0 Å². The van der Waals surface area contributed by atoms with E-state index >= 15 is 0 Å². The normalized spacial score (nSPS) is 28.5. The minimum Gasteiger partial charge on any atom is -0.365 e. The van der Waals surface area contributed by atoms with Crippen LogP contribution >= 0.6 is 12.4 Å². The van der Waals surface area contributed by atoms with Crippen LogP contribution < -0.4 is 11.1 Å². The first-order valence-corrected chi connectivity index (χ1v) is 8.40. The molecule has 124 valence electrons. The van der Waals surface area contributed by atoms with E-state index in [1.807, 2.05) is 6.92 Å². The monoisotopic (exact) mass is 318 g/mol. The van der Waals surface area contributed by atoms with Crippen LogP contribution in [0.15, 0.2) is 0 Å². The van der Waals surface area contributed by atoms with Crippen LogP contribution in [-0.4, -0.2) is 30.2 Å². The van der Waals surface area contributed by atoms with Gasteiger partial charge in [-0.25, -0.2) is 0 Å². The van der Waals surface area contributed by atoms with E-state index in [4.69, 9.17) is 10.5 Å². The summed E-state index contributed by atoms with van der Waals surface area (Å²) >= 11 is 0. The highest BCUT2D eigenvalue weighted by Crippen LogP contribution is 2.23. The number of ether oxygens (including phenoxy) is 1. The maximum absolute atomic E-state index is 12.3. The van der Waals surface area contributed by atoms with Crippen molar-refractivity contribution in [1.29, 1.82) is 0 Å². The maximum atomic E-state index is 12.3. The Hall–Kier alpha value is -0.320. The number of carbonyl (C=O) groups excluding carboxylic acids is 1. The van der Waals surface area contributed by atoms with Gasteiger partial charge in [-0.3, -0.25) is 4.79 Å². The van der Waals surface area contributed by atoms with Gasteiger partial charge in [-0.15, -0.1) is 12.4 Å². The molecular formula is C16H31ClN2O2. The largest absolute Gasteiger partial charge is 0.365 e. The summed E-state index contributed by atoms with van der Waals surface area (Å²) in [7, 11) is 0. The number of amides is 1. The summed E-state index contributed by atoms with van der Waals surface area (Å²) in [5.41, 5.74) is 5.90. The van der Waals surface area contributed by atoms with E-state index in [1.54, 1.807) is 0 Å². The Kier molecular flexibility index (Phi) is 8.60. The highest BCUT2D eigenvalue weighted by molar-refractivity contribution is 5.85. The van der Waals surface area contributed by atoms with Crippen molar-refractivity contribution in [1.82, 2.24) is 5.32 Å². The molecule has 4 nitrogen and oxygen atoms in total. The highest BCUT2D eigenvalue weighted by atomic mass is 35.5. The Morgan fingerprint density at radius 1 is 1.14 bits per heavy atom. The van der Waals surface area contributed by atoms with Gasteiger partial charge in [0, 0.05) is 12.1 Å². The van der Waals surface area contributed by atoms with E-state index in [2.05, 4.69) is 5.32 Å². The van der Waals surface area contributed by atoms with E-state index in [9.17, 15) is 4.79 Å². The lowest BCUT2D eigenvalue weighted by atomic mass is 9.91. The number of nitrogens with two attached hydrogens (primary N) is 1. The summed E-state index contributed by atoms with van der Waals surface area (Å²) < 4.78 is 6.03. The van der Waals surface area contributed by atoms with Gasteiger partial charge in [-0.2, -0.15) is 0 Å². The topological polar surface area (TPSA) is 64.3 Å². The summed E-state index contributed by atoms with van der Waals surface area (Å²) in [4.78, 5) is 12.3. The van der Waals surface area contributed by atoms with Crippen molar-refractivity contribution in [3.8, 4) is 0 Å². The molecule has 5 heteroatoms. The molecule has 2 aliphatic rings. The van der Waals surface area contributed by atoms with Crippen molar-refractivity contribution in [2.75, 3.05) is 0 Å². The second kappa shape index (κ2) is 9.65. The molecule has 3 N–H and O–H groups in total. The molecule has 2 saturated carbocycles. The van der Waals surface area contributed by atoms with Crippen molar-refractivity contribution in [2.24, 2.45) is 5.73 Å². The second-order valence-corrected chi connectivity index (χ2v) is 6.41. The molecule has 0 aromatic heterocycles. The summed E-state index contributed by atoms with van der Waals surface area (Å²) in [6, 6.07) is 0.620. The molecule has 0 aromatic rings. The number of hydrogen-bond donors (Lipinski definition) is 2. The molecule has 0 spiro atoms. The van der Waals surface area contributed by atoms with Gasteiger partial charge in [0.05, 0.1) is 6.10 Å². The van der Waals surface area contributed by atoms with Crippen molar-refractivity contribution >= 4 is 18.3 Å². The molecule has 0 bridgehead atoms. The number of nitrogens with one attached hydrogen (secondary N) is 1. The molecule has 2 rings (SSSR count). The van der Waals surface area contributed by atoms with E-state index in [0.29, 0.717) is 18.2 Å². The Bertz CT molecular complexity index is 301. The molecule has 0 aromatic carbocycles. The molecule has 1 unspecified atom stereocenters. The van der Waals surface area contributed by atoms with Crippen molar-refractivity contribution in [3.63, 3.8) is 0 Å². The first kappa shape index (κ1) is 18.7. The highest BCUT2D eigenvalue weighted by Gasteiger charge is 2.26. The Labute approximate surface area is 135 Å². The van der Waals surface area contributed by atoms with Crippen molar-refractivity contribution in [2.45, 2.75) is 95.4 Å². The smallest absolute Gasteiger partial charge is 0.249 e. The average molecular weight is 319 g/mol. The standard InChI is InChI=1S/C16H30N2O2.ClH/c1-2-15(20-14-6-4-3-5-7-14)16(19)18-13-10-8-12(17)9-11-13;/h12-15H,2-11,17H2,1H3,(H,18,19);1H. The summed E-state index contributed by atoms with van der Waals surface area (Å²) in [6.07, 6.45) is 10.8. The van der Waals surface area contributed by atoms with Gasteiger partial charge in [0.2, 0.25) is 5.91 Å². The van der Waals surface area contributed by atoms with Crippen LogP contribution in [0.1, 0.15) is 71.1 Å². The number of halogens is 1. The first-order valence-electron chi connectivity index (χ1n) is 8.40. The third kappa shape index (κ3) is 6.13. The summed E-state index contributed by atoms with van der Waals surface area (Å²) in [6.45, 7) is 2.03. The minimum atomic E-state index is -0.270.